The van der Waals surface area contributed by atoms with Gasteiger partial charge in [0.15, 0.2) is 0 Å². The smallest absolute Gasteiger partial charge is 0.317 e. The van der Waals surface area contributed by atoms with E-state index in [2.05, 4.69) is 12.2 Å². The Labute approximate surface area is 121 Å². The van der Waals surface area contributed by atoms with Crippen molar-refractivity contribution in [2.45, 2.75) is 32.6 Å². The monoisotopic (exact) mass is 279 g/mol. The van der Waals surface area contributed by atoms with Gasteiger partial charge < -0.3 is 15.1 Å². The highest BCUT2D eigenvalue weighted by atomic mass is 16.2. The van der Waals surface area contributed by atoms with Gasteiger partial charge in [-0.1, -0.05) is 13.0 Å². The van der Waals surface area contributed by atoms with Crippen molar-refractivity contribution in [3.8, 4) is 0 Å². The van der Waals surface area contributed by atoms with Crippen LogP contribution in [-0.2, 0) is 4.79 Å². The summed E-state index contributed by atoms with van der Waals surface area (Å²) >= 11 is 0. The molecule has 0 unspecified atom stereocenters. The molecule has 0 aromatic carbocycles. The van der Waals surface area contributed by atoms with Gasteiger partial charge in [-0.05, 0) is 31.6 Å². The van der Waals surface area contributed by atoms with Crippen molar-refractivity contribution < 1.29 is 9.59 Å². The second kappa shape index (κ2) is 7.31. The molecule has 5 heteroatoms. The predicted molar refractivity (Wildman–Crippen MR) is 78.3 cm³/mol. The summed E-state index contributed by atoms with van der Waals surface area (Å²) in [7, 11) is 0. The fraction of sp³-hybridized carbons (Fsp3) is 0.733. The molecule has 0 spiro atoms. The van der Waals surface area contributed by atoms with E-state index < -0.39 is 0 Å². The molecule has 0 aromatic rings. The summed E-state index contributed by atoms with van der Waals surface area (Å²) in [5.74, 6) is 0.758. The maximum Gasteiger partial charge on any atom is 0.317 e. The van der Waals surface area contributed by atoms with Crippen molar-refractivity contribution in [2.75, 3.05) is 32.7 Å². The van der Waals surface area contributed by atoms with Crippen molar-refractivity contribution in [2.24, 2.45) is 5.92 Å². The van der Waals surface area contributed by atoms with Gasteiger partial charge in [0.1, 0.15) is 0 Å². The molecule has 2 aliphatic heterocycles. The first-order valence-electron chi connectivity index (χ1n) is 7.65. The minimum atomic E-state index is 0.0771. The Morgan fingerprint density at radius 3 is 2.90 bits per heavy atom. The Kier molecular flexibility index (Phi) is 5.44. The van der Waals surface area contributed by atoms with Gasteiger partial charge in [0.2, 0.25) is 5.91 Å². The highest BCUT2D eigenvalue weighted by molar-refractivity contribution is 5.89. The number of urea groups is 1. The van der Waals surface area contributed by atoms with E-state index in [0.29, 0.717) is 5.92 Å². The molecule has 1 atom stereocenters. The van der Waals surface area contributed by atoms with Gasteiger partial charge in [-0.25, -0.2) is 4.79 Å². The highest BCUT2D eigenvalue weighted by Crippen LogP contribution is 2.14. The van der Waals surface area contributed by atoms with E-state index in [-0.39, 0.29) is 11.9 Å². The summed E-state index contributed by atoms with van der Waals surface area (Å²) in [5.41, 5.74) is 0. The number of rotatable bonds is 6. The van der Waals surface area contributed by atoms with Crippen LogP contribution in [0.5, 0.6) is 0 Å². The minimum absolute atomic E-state index is 0.0771. The number of unbranched alkanes of at least 4 members (excludes halogenated alkanes) is 2. The molecule has 0 aromatic heterocycles. The molecule has 112 valence electrons. The van der Waals surface area contributed by atoms with Crippen LogP contribution >= 0.6 is 0 Å². The van der Waals surface area contributed by atoms with Crippen LogP contribution in [0.3, 0.4) is 0 Å². The third-order valence-corrected chi connectivity index (χ3v) is 3.99. The van der Waals surface area contributed by atoms with Crippen LogP contribution in [0.15, 0.2) is 12.2 Å². The summed E-state index contributed by atoms with van der Waals surface area (Å²) in [6, 6.07) is 0.0771. The quantitative estimate of drug-likeness (QED) is 0.751. The first-order valence-corrected chi connectivity index (χ1v) is 7.65. The van der Waals surface area contributed by atoms with E-state index in [1.165, 1.54) is 0 Å². The van der Waals surface area contributed by atoms with Crippen LogP contribution in [0.2, 0.25) is 0 Å². The number of amides is 3. The minimum Gasteiger partial charge on any atom is -0.338 e. The molecule has 0 aliphatic carbocycles. The Hall–Kier alpha value is -1.52. The van der Waals surface area contributed by atoms with Crippen LogP contribution in [0.25, 0.3) is 0 Å². The van der Waals surface area contributed by atoms with Crippen LogP contribution in [0.1, 0.15) is 32.6 Å². The molecule has 1 N–H and O–H groups in total. The standard InChI is InChI=1S/C15H25N3O2/c1-13-7-11-18(12-13)15(20)16-8-3-2-4-9-17-10-5-6-14(17)19/h5-6,13H,2-4,7-12H2,1H3,(H,16,20)/t13-/m0/s1. The van der Waals surface area contributed by atoms with Crippen molar-refractivity contribution in [1.29, 1.82) is 0 Å². The molecule has 3 amide bonds. The average Bonchev–Trinajstić information content (AvgIpc) is 3.03. The third-order valence-electron chi connectivity index (χ3n) is 3.99. The summed E-state index contributed by atoms with van der Waals surface area (Å²) < 4.78 is 0. The number of likely N-dealkylation sites (tertiary alicyclic amines) is 1. The van der Waals surface area contributed by atoms with E-state index in [9.17, 15) is 9.59 Å². The topological polar surface area (TPSA) is 52.7 Å². The lowest BCUT2D eigenvalue weighted by Gasteiger charge is -2.17. The van der Waals surface area contributed by atoms with E-state index in [0.717, 1.165) is 58.4 Å². The number of hydrogen-bond acceptors (Lipinski definition) is 2. The first kappa shape index (κ1) is 14.9. The van der Waals surface area contributed by atoms with Crippen molar-refractivity contribution in [3.63, 3.8) is 0 Å². The molecule has 0 bridgehead atoms. The zero-order valence-corrected chi connectivity index (χ0v) is 12.3. The normalized spacial score (nSPS) is 21.9. The number of carbonyl (C=O) groups is 2. The largest absolute Gasteiger partial charge is 0.338 e. The molecule has 2 rings (SSSR count). The van der Waals surface area contributed by atoms with Crippen molar-refractivity contribution >= 4 is 11.9 Å². The van der Waals surface area contributed by atoms with Crippen LogP contribution in [-0.4, -0.2) is 54.5 Å². The maximum atomic E-state index is 11.8. The number of hydrogen-bond donors (Lipinski definition) is 1. The van der Waals surface area contributed by atoms with Gasteiger partial charge in [-0.2, -0.15) is 0 Å². The Morgan fingerprint density at radius 2 is 2.25 bits per heavy atom. The zero-order valence-electron chi connectivity index (χ0n) is 12.3. The third kappa shape index (κ3) is 4.25. The molecule has 5 nitrogen and oxygen atoms in total. The van der Waals surface area contributed by atoms with Gasteiger partial charge in [-0.3, -0.25) is 4.79 Å². The lowest BCUT2D eigenvalue weighted by Crippen LogP contribution is -2.38. The summed E-state index contributed by atoms with van der Waals surface area (Å²) in [4.78, 5) is 26.9. The van der Waals surface area contributed by atoms with E-state index in [4.69, 9.17) is 0 Å². The molecule has 2 aliphatic rings. The lowest BCUT2D eigenvalue weighted by atomic mass is 10.2. The summed E-state index contributed by atoms with van der Waals surface area (Å²) in [6.07, 6.45) is 7.68. The average molecular weight is 279 g/mol. The molecular weight excluding hydrogens is 254 g/mol. The van der Waals surface area contributed by atoms with Crippen LogP contribution in [0, 0.1) is 5.92 Å². The van der Waals surface area contributed by atoms with Gasteiger partial charge in [0.05, 0.1) is 0 Å². The number of nitrogens with zero attached hydrogens (tertiary/aromatic N) is 2. The van der Waals surface area contributed by atoms with Crippen molar-refractivity contribution in [3.05, 3.63) is 12.2 Å². The second-order valence-corrected chi connectivity index (χ2v) is 5.82. The Balaban J connectivity index is 1.47. The van der Waals surface area contributed by atoms with E-state index >= 15 is 0 Å². The Bertz CT molecular complexity index is 381. The highest BCUT2D eigenvalue weighted by Gasteiger charge is 2.22. The van der Waals surface area contributed by atoms with E-state index in [1.54, 1.807) is 6.08 Å². The van der Waals surface area contributed by atoms with Gasteiger partial charge in [-0.15, -0.1) is 0 Å². The summed E-state index contributed by atoms with van der Waals surface area (Å²) in [6.45, 7) is 6.26. The lowest BCUT2D eigenvalue weighted by molar-refractivity contribution is -0.124. The SMILES string of the molecule is C[C@H]1CCN(C(=O)NCCCCCN2CC=CC2=O)C1. The molecule has 1 saturated heterocycles. The van der Waals surface area contributed by atoms with Gasteiger partial charge in [0, 0.05) is 38.8 Å². The van der Waals surface area contributed by atoms with E-state index in [1.807, 2.05) is 15.9 Å². The fourth-order valence-electron chi connectivity index (χ4n) is 2.71. The maximum absolute atomic E-state index is 11.8. The molecular formula is C15H25N3O2. The molecule has 2 heterocycles. The van der Waals surface area contributed by atoms with Crippen LogP contribution < -0.4 is 5.32 Å². The van der Waals surface area contributed by atoms with Gasteiger partial charge in [0.25, 0.3) is 0 Å². The van der Waals surface area contributed by atoms with Gasteiger partial charge >= 0.3 is 6.03 Å². The Morgan fingerprint density at radius 1 is 1.40 bits per heavy atom. The molecule has 1 fully saturated rings. The fourth-order valence-corrected chi connectivity index (χ4v) is 2.71. The van der Waals surface area contributed by atoms with Crippen molar-refractivity contribution in [1.82, 2.24) is 15.1 Å². The summed E-state index contributed by atoms with van der Waals surface area (Å²) in [5, 5.41) is 2.98. The number of nitrogens with one attached hydrogen (secondary N) is 1. The predicted octanol–water partition coefficient (Wildman–Crippen LogP) is 1.61. The number of carbonyl (C=O) groups excluding carboxylic acids is 2. The second-order valence-electron chi connectivity index (χ2n) is 5.82. The molecule has 20 heavy (non-hydrogen) atoms. The molecule has 0 saturated carbocycles. The first-order chi connectivity index (χ1) is 9.66. The zero-order chi connectivity index (χ0) is 14.4. The molecule has 0 radical (unpaired) electrons. The van der Waals surface area contributed by atoms with Crippen LogP contribution in [0.4, 0.5) is 4.79 Å².